The Kier molecular flexibility index (Phi) is 5.13. The van der Waals surface area contributed by atoms with Gasteiger partial charge >= 0.3 is 12.8 Å². The van der Waals surface area contributed by atoms with Crippen LogP contribution in [0.2, 0.25) is 0 Å². The molecule has 3 heterocycles. The minimum atomic E-state index is -3.27. The average Bonchev–Trinajstić information content (AvgIpc) is 3.48. The molecule has 2 atom stereocenters. The van der Waals surface area contributed by atoms with Crippen LogP contribution in [0.25, 0.3) is 10.9 Å². The van der Waals surface area contributed by atoms with Gasteiger partial charge in [-0.2, -0.15) is 8.78 Å². The molecule has 2 aliphatic heterocycles. The summed E-state index contributed by atoms with van der Waals surface area (Å²) in [5.41, 5.74) is -1.13. The van der Waals surface area contributed by atoms with E-state index in [0.29, 0.717) is 32.5 Å². The zero-order valence-electron chi connectivity index (χ0n) is 16.7. The third kappa shape index (κ3) is 3.62. The number of hydrogen-bond donors (Lipinski definition) is 2. The van der Waals surface area contributed by atoms with E-state index in [9.17, 15) is 18.4 Å². The van der Waals surface area contributed by atoms with Crippen molar-refractivity contribution >= 4 is 22.7 Å². The SMILES string of the molecule is O=C(O)Oc1cn(C2CC2)c2c(OC(F)F)c(N3C[C@@H]4OCCN[C@@H]4C3)c(F)cc2c1=O. The van der Waals surface area contributed by atoms with E-state index in [1.807, 2.05) is 0 Å². The number of rotatable bonds is 5. The number of halogens is 3. The Labute approximate surface area is 179 Å². The first kappa shape index (κ1) is 20.9. The maximum Gasteiger partial charge on any atom is 0.511 e. The first-order chi connectivity index (χ1) is 15.3. The molecule has 9 nitrogen and oxygen atoms in total. The minimum Gasteiger partial charge on any atom is -0.449 e. The Morgan fingerprint density at radius 2 is 2.09 bits per heavy atom. The number of hydrogen-bond acceptors (Lipinski definition) is 7. The van der Waals surface area contributed by atoms with Gasteiger partial charge in [-0.05, 0) is 18.9 Å². The van der Waals surface area contributed by atoms with Crippen LogP contribution in [0.1, 0.15) is 18.9 Å². The molecule has 5 rings (SSSR count). The van der Waals surface area contributed by atoms with Crippen molar-refractivity contribution in [3.8, 4) is 11.5 Å². The molecule has 2 saturated heterocycles. The number of nitrogens with zero attached hydrogens (tertiary/aromatic N) is 2. The van der Waals surface area contributed by atoms with E-state index in [2.05, 4.69) is 10.1 Å². The van der Waals surface area contributed by atoms with E-state index in [1.54, 1.807) is 4.90 Å². The van der Waals surface area contributed by atoms with Gasteiger partial charge in [-0.25, -0.2) is 9.18 Å². The van der Waals surface area contributed by atoms with Gasteiger partial charge in [0.2, 0.25) is 5.43 Å². The number of nitrogens with one attached hydrogen (secondary N) is 1. The van der Waals surface area contributed by atoms with Gasteiger partial charge in [0.15, 0.2) is 17.3 Å². The molecule has 3 fully saturated rings. The number of alkyl halides is 2. The zero-order valence-corrected chi connectivity index (χ0v) is 16.7. The summed E-state index contributed by atoms with van der Waals surface area (Å²) in [7, 11) is 0. The molecule has 0 radical (unpaired) electrons. The lowest BCUT2D eigenvalue weighted by Crippen LogP contribution is -2.47. The lowest BCUT2D eigenvalue weighted by atomic mass is 10.1. The monoisotopic (exact) mass is 455 g/mol. The summed E-state index contributed by atoms with van der Waals surface area (Å²) >= 11 is 0. The second-order valence-electron chi connectivity index (χ2n) is 8.01. The van der Waals surface area contributed by atoms with Crippen molar-refractivity contribution in [2.75, 3.05) is 31.1 Å². The summed E-state index contributed by atoms with van der Waals surface area (Å²) in [6, 6.07) is 0.642. The van der Waals surface area contributed by atoms with Crippen molar-refractivity contribution in [1.29, 1.82) is 0 Å². The fourth-order valence-electron chi connectivity index (χ4n) is 4.50. The van der Waals surface area contributed by atoms with Crippen molar-refractivity contribution in [1.82, 2.24) is 9.88 Å². The smallest absolute Gasteiger partial charge is 0.449 e. The number of morpholine rings is 1. The number of anilines is 1. The van der Waals surface area contributed by atoms with E-state index in [1.165, 1.54) is 4.57 Å². The van der Waals surface area contributed by atoms with Gasteiger partial charge in [0.25, 0.3) is 0 Å². The van der Waals surface area contributed by atoms with Gasteiger partial charge in [0, 0.05) is 25.7 Å². The molecule has 1 aliphatic carbocycles. The summed E-state index contributed by atoms with van der Waals surface area (Å²) in [4.78, 5) is 25.4. The largest absolute Gasteiger partial charge is 0.511 e. The fraction of sp³-hybridized carbons (Fsp3) is 0.500. The highest BCUT2D eigenvalue weighted by Gasteiger charge is 2.39. The Morgan fingerprint density at radius 1 is 1.31 bits per heavy atom. The highest BCUT2D eigenvalue weighted by atomic mass is 19.3. The summed E-state index contributed by atoms with van der Waals surface area (Å²) in [6.07, 6.45) is 0.561. The van der Waals surface area contributed by atoms with Crippen LogP contribution in [-0.2, 0) is 4.74 Å². The van der Waals surface area contributed by atoms with Crippen LogP contribution in [-0.4, -0.2) is 60.8 Å². The van der Waals surface area contributed by atoms with Crippen LogP contribution in [0.15, 0.2) is 17.1 Å². The van der Waals surface area contributed by atoms with E-state index in [-0.39, 0.29) is 41.3 Å². The molecule has 0 amide bonds. The van der Waals surface area contributed by atoms with Crippen LogP contribution >= 0.6 is 0 Å². The maximum absolute atomic E-state index is 15.3. The third-order valence-corrected chi connectivity index (χ3v) is 5.93. The minimum absolute atomic E-state index is 0.0179. The fourth-order valence-corrected chi connectivity index (χ4v) is 4.50. The van der Waals surface area contributed by atoms with Gasteiger partial charge in [-0.15, -0.1) is 0 Å². The Morgan fingerprint density at radius 3 is 2.75 bits per heavy atom. The van der Waals surface area contributed by atoms with Gasteiger partial charge in [0.05, 0.1) is 35.9 Å². The van der Waals surface area contributed by atoms with Crippen molar-refractivity contribution in [2.45, 2.75) is 37.6 Å². The van der Waals surface area contributed by atoms with Crippen molar-refractivity contribution in [3.63, 3.8) is 0 Å². The summed E-state index contributed by atoms with van der Waals surface area (Å²) < 4.78 is 58.8. The van der Waals surface area contributed by atoms with Crippen LogP contribution in [0.4, 0.5) is 23.7 Å². The van der Waals surface area contributed by atoms with E-state index in [0.717, 1.165) is 12.3 Å². The Hall–Kier alpha value is -2.99. The van der Waals surface area contributed by atoms with E-state index in [4.69, 9.17) is 14.6 Å². The molecule has 3 aliphatic rings. The molecule has 0 bridgehead atoms. The molecule has 1 saturated carbocycles. The second kappa shape index (κ2) is 7.85. The predicted octanol–water partition coefficient (Wildman–Crippen LogP) is 2.31. The number of ether oxygens (including phenoxy) is 3. The van der Waals surface area contributed by atoms with Gasteiger partial charge < -0.3 is 34.1 Å². The van der Waals surface area contributed by atoms with E-state index < -0.39 is 35.5 Å². The molecule has 32 heavy (non-hydrogen) atoms. The van der Waals surface area contributed by atoms with Crippen LogP contribution < -0.4 is 25.1 Å². The normalized spacial score (nSPS) is 22.9. The number of carboxylic acid groups (broad SMARTS) is 1. The highest BCUT2D eigenvalue weighted by molar-refractivity contribution is 5.92. The molecule has 0 unspecified atom stereocenters. The summed E-state index contributed by atoms with van der Waals surface area (Å²) in [5, 5.41) is 11.9. The van der Waals surface area contributed by atoms with Crippen molar-refractivity contribution in [3.05, 3.63) is 28.3 Å². The quantitative estimate of drug-likeness (QED) is 0.663. The topological polar surface area (TPSA) is 102 Å². The van der Waals surface area contributed by atoms with Crippen LogP contribution in [0.5, 0.6) is 11.5 Å². The second-order valence-corrected chi connectivity index (χ2v) is 8.01. The van der Waals surface area contributed by atoms with E-state index >= 15 is 4.39 Å². The average molecular weight is 455 g/mol. The van der Waals surface area contributed by atoms with Crippen LogP contribution in [0, 0.1) is 5.82 Å². The molecular weight excluding hydrogens is 435 g/mol. The molecule has 0 spiro atoms. The highest BCUT2D eigenvalue weighted by Crippen LogP contribution is 2.45. The molecule has 1 aromatic carbocycles. The third-order valence-electron chi connectivity index (χ3n) is 5.93. The molecule has 2 N–H and O–H groups in total. The lowest BCUT2D eigenvalue weighted by Gasteiger charge is -2.25. The summed E-state index contributed by atoms with van der Waals surface area (Å²) in [5.74, 6) is -1.92. The maximum atomic E-state index is 15.3. The first-order valence-electron chi connectivity index (χ1n) is 10.2. The molecular formula is C20H20F3N3O6. The number of carbonyl (C=O) groups is 1. The van der Waals surface area contributed by atoms with Gasteiger partial charge in [0.1, 0.15) is 5.69 Å². The molecule has 2 aromatic rings. The first-order valence-corrected chi connectivity index (χ1v) is 10.2. The standard InChI is InChI=1S/C20H20F3N3O6/c21-11-5-10-15(26(9-1-2-9)8-14(17(10)27)31-20(28)29)18(32-19(22)23)16(11)25-6-12-13(7-25)30-4-3-24-12/h5,8-9,12-13,19,24H,1-4,6-7H2,(H,28,29)/t12-,13+/m1/s1. The Bertz CT molecular complexity index is 1120. The summed E-state index contributed by atoms with van der Waals surface area (Å²) in [6.45, 7) is -1.59. The van der Waals surface area contributed by atoms with Crippen molar-refractivity contribution < 1.29 is 37.3 Å². The Balaban J connectivity index is 1.72. The van der Waals surface area contributed by atoms with Crippen molar-refractivity contribution in [2.24, 2.45) is 0 Å². The zero-order chi connectivity index (χ0) is 22.6. The van der Waals surface area contributed by atoms with Gasteiger partial charge in [-0.3, -0.25) is 4.79 Å². The lowest BCUT2D eigenvalue weighted by molar-refractivity contribution is -0.0488. The number of benzene rings is 1. The number of pyridine rings is 1. The molecule has 172 valence electrons. The molecule has 12 heteroatoms. The van der Waals surface area contributed by atoms with Gasteiger partial charge in [-0.1, -0.05) is 0 Å². The molecule has 1 aromatic heterocycles. The van der Waals surface area contributed by atoms with Crippen LogP contribution in [0.3, 0.4) is 0 Å². The predicted molar refractivity (Wildman–Crippen MR) is 105 cm³/mol. The number of fused-ring (bicyclic) bond motifs is 2. The number of aromatic nitrogens is 1.